The van der Waals surface area contributed by atoms with Gasteiger partial charge < -0.3 is 0 Å². The standard InChI is InChI=1S/C16H21N.ClH/c1-11(12-9-10-12)17-15-7-4-8-16(17)14-6-3-2-5-13(14)15;/h2-3,5-6,11-12,15-16H,4,7-10H2,1H3;1H. The average Bonchev–Trinajstić information content (AvgIpc) is 3.18. The number of benzene rings is 1. The van der Waals surface area contributed by atoms with Gasteiger partial charge in [-0.05, 0) is 56.1 Å². The van der Waals surface area contributed by atoms with Gasteiger partial charge in [-0.25, -0.2) is 0 Å². The number of hydrogen-bond donors (Lipinski definition) is 0. The van der Waals surface area contributed by atoms with E-state index >= 15 is 0 Å². The summed E-state index contributed by atoms with van der Waals surface area (Å²) >= 11 is 0. The fourth-order valence-corrected chi connectivity index (χ4v) is 4.16. The maximum absolute atomic E-state index is 2.85. The predicted molar refractivity (Wildman–Crippen MR) is 77.0 cm³/mol. The molecule has 2 heterocycles. The van der Waals surface area contributed by atoms with Gasteiger partial charge in [0, 0.05) is 18.1 Å². The second kappa shape index (κ2) is 4.54. The summed E-state index contributed by atoms with van der Waals surface area (Å²) in [7, 11) is 0. The summed E-state index contributed by atoms with van der Waals surface area (Å²) in [6.45, 7) is 2.47. The Morgan fingerprint density at radius 3 is 2.06 bits per heavy atom. The highest BCUT2D eigenvalue weighted by atomic mass is 35.5. The first-order valence-electron chi connectivity index (χ1n) is 7.22. The van der Waals surface area contributed by atoms with Crippen molar-refractivity contribution in [1.29, 1.82) is 0 Å². The van der Waals surface area contributed by atoms with Crippen molar-refractivity contribution in [2.45, 2.75) is 57.2 Å². The molecule has 0 amide bonds. The fourth-order valence-electron chi connectivity index (χ4n) is 4.16. The van der Waals surface area contributed by atoms with Crippen molar-refractivity contribution in [3.63, 3.8) is 0 Å². The quantitative estimate of drug-likeness (QED) is 0.760. The van der Waals surface area contributed by atoms with Crippen molar-refractivity contribution in [3.8, 4) is 0 Å². The average molecular weight is 264 g/mol. The van der Waals surface area contributed by atoms with Crippen LogP contribution in [0.25, 0.3) is 0 Å². The van der Waals surface area contributed by atoms with E-state index in [2.05, 4.69) is 36.1 Å². The van der Waals surface area contributed by atoms with Crippen LogP contribution >= 0.6 is 12.4 Å². The van der Waals surface area contributed by atoms with Crippen molar-refractivity contribution >= 4 is 12.4 Å². The molecule has 3 unspecified atom stereocenters. The molecule has 2 aliphatic heterocycles. The molecule has 4 rings (SSSR count). The highest BCUT2D eigenvalue weighted by Gasteiger charge is 2.46. The highest BCUT2D eigenvalue weighted by Crippen LogP contribution is 2.54. The van der Waals surface area contributed by atoms with Crippen LogP contribution in [0.15, 0.2) is 24.3 Å². The summed E-state index contributed by atoms with van der Waals surface area (Å²) < 4.78 is 0. The molecule has 1 saturated carbocycles. The number of nitrogens with zero attached hydrogens (tertiary/aromatic N) is 1. The van der Waals surface area contributed by atoms with Gasteiger partial charge >= 0.3 is 0 Å². The third-order valence-electron chi connectivity index (χ3n) is 5.16. The van der Waals surface area contributed by atoms with E-state index in [1.54, 1.807) is 11.1 Å². The van der Waals surface area contributed by atoms with Crippen LogP contribution in [0.1, 0.15) is 62.2 Å². The van der Waals surface area contributed by atoms with Gasteiger partial charge in [-0.1, -0.05) is 24.3 Å². The van der Waals surface area contributed by atoms with Crippen molar-refractivity contribution in [1.82, 2.24) is 4.90 Å². The Bertz CT molecular complexity index is 409. The molecule has 0 radical (unpaired) electrons. The molecule has 3 atom stereocenters. The van der Waals surface area contributed by atoms with E-state index in [0.29, 0.717) is 0 Å². The maximum atomic E-state index is 2.85. The first-order chi connectivity index (χ1) is 8.36. The van der Waals surface area contributed by atoms with Crippen molar-refractivity contribution in [3.05, 3.63) is 35.4 Å². The lowest BCUT2D eigenvalue weighted by Gasteiger charge is -2.40. The van der Waals surface area contributed by atoms with E-state index in [4.69, 9.17) is 0 Å². The minimum atomic E-state index is 0. The fraction of sp³-hybridized carbons (Fsp3) is 0.625. The zero-order valence-corrected chi connectivity index (χ0v) is 11.8. The Hall–Kier alpha value is -0.530. The second-order valence-corrected chi connectivity index (χ2v) is 6.12. The van der Waals surface area contributed by atoms with Gasteiger partial charge in [0.2, 0.25) is 0 Å². The van der Waals surface area contributed by atoms with Crippen LogP contribution in [-0.2, 0) is 0 Å². The minimum Gasteiger partial charge on any atom is -0.286 e. The van der Waals surface area contributed by atoms with Gasteiger partial charge in [-0.2, -0.15) is 0 Å². The van der Waals surface area contributed by atoms with E-state index in [9.17, 15) is 0 Å². The van der Waals surface area contributed by atoms with Crippen LogP contribution in [0, 0.1) is 5.92 Å². The molecule has 18 heavy (non-hydrogen) atoms. The summed E-state index contributed by atoms with van der Waals surface area (Å²) in [5, 5.41) is 0. The molecule has 3 aliphatic rings. The number of halogens is 1. The molecule has 2 heteroatoms. The van der Waals surface area contributed by atoms with E-state index in [1.807, 2.05) is 0 Å². The largest absolute Gasteiger partial charge is 0.286 e. The Balaban J connectivity index is 0.000001000. The lowest BCUT2D eigenvalue weighted by atomic mass is 9.97. The van der Waals surface area contributed by atoms with E-state index in [0.717, 1.165) is 24.0 Å². The zero-order valence-electron chi connectivity index (χ0n) is 11.0. The van der Waals surface area contributed by atoms with Gasteiger partial charge in [-0.3, -0.25) is 4.90 Å². The number of rotatable bonds is 2. The summed E-state index contributed by atoms with van der Waals surface area (Å²) in [6, 6.07) is 11.5. The lowest BCUT2D eigenvalue weighted by molar-refractivity contribution is 0.0564. The predicted octanol–water partition coefficient (Wildman–Crippen LogP) is 4.49. The Kier molecular flexibility index (Phi) is 3.15. The number of fused-ring (bicyclic) bond motifs is 5. The van der Waals surface area contributed by atoms with Crippen molar-refractivity contribution in [2.75, 3.05) is 0 Å². The maximum Gasteiger partial charge on any atom is 0.0360 e. The monoisotopic (exact) mass is 263 g/mol. The third-order valence-corrected chi connectivity index (χ3v) is 5.16. The van der Waals surface area contributed by atoms with Crippen LogP contribution in [0.4, 0.5) is 0 Å². The molecule has 0 aromatic heterocycles. The number of hydrogen-bond acceptors (Lipinski definition) is 1. The lowest BCUT2D eigenvalue weighted by Crippen LogP contribution is -2.38. The van der Waals surface area contributed by atoms with E-state index < -0.39 is 0 Å². The second-order valence-electron chi connectivity index (χ2n) is 6.12. The topological polar surface area (TPSA) is 3.24 Å². The third kappa shape index (κ3) is 1.71. The van der Waals surface area contributed by atoms with Crippen LogP contribution in [-0.4, -0.2) is 10.9 Å². The van der Waals surface area contributed by atoms with Gasteiger partial charge in [0.15, 0.2) is 0 Å². The molecule has 1 nitrogen and oxygen atoms in total. The van der Waals surface area contributed by atoms with Gasteiger partial charge in [0.05, 0.1) is 0 Å². The first kappa shape index (κ1) is 12.5. The van der Waals surface area contributed by atoms with Gasteiger partial charge in [0.1, 0.15) is 0 Å². The van der Waals surface area contributed by atoms with E-state index in [-0.39, 0.29) is 12.4 Å². The Labute approximate surface area is 116 Å². The number of piperidine rings is 1. The SMILES string of the molecule is CC(C1CC1)N1C2CCCC1c1ccccc12.Cl. The molecule has 1 aliphatic carbocycles. The normalized spacial score (nSPS) is 31.6. The molecular weight excluding hydrogens is 242 g/mol. The van der Waals surface area contributed by atoms with Crippen LogP contribution in [0.5, 0.6) is 0 Å². The molecule has 1 aromatic carbocycles. The summed E-state index contributed by atoms with van der Waals surface area (Å²) in [4.78, 5) is 2.85. The molecule has 0 spiro atoms. The first-order valence-corrected chi connectivity index (χ1v) is 7.22. The van der Waals surface area contributed by atoms with Crippen LogP contribution in [0.2, 0.25) is 0 Å². The molecule has 0 N–H and O–H groups in total. The molecule has 2 fully saturated rings. The van der Waals surface area contributed by atoms with Crippen molar-refractivity contribution in [2.24, 2.45) is 5.92 Å². The van der Waals surface area contributed by atoms with Crippen LogP contribution in [0.3, 0.4) is 0 Å². The summed E-state index contributed by atoms with van der Waals surface area (Å²) in [6.07, 6.45) is 7.11. The minimum absolute atomic E-state index is 0. The van der Waals surface area contributed by atoms with Crippen molar-refractivity contribution < 1.29 is 0 Å². The molecular formula is C16H22ClN. The zero-order chi connectivity index (χ0) is 11.4. The smallest absolute Gasteiger partial charge is 0.0360 e. The molecule has 1 aromatic rings. The molecule has 98 valence electrons. The Morgan fingerprint density at radius 1 is 1.00 bits per heavy atom. The van der Waals surface area contributed by atoms with Gasteiger partial charge in [0.25, 0.3) is 0 Å². The van der Waals surface area contributed by atoms with Crippen LogP contribution < -0.4 is 0 Å². The molecule has 2 bridgehead atoms. The highest BCUT2D eigenvalue weighted by molar-refractivity contribution is 5.85. The van der Waals surface area contributed by atoms with E-state index in [1.165, 1.54) is 32.1 Å². The summed E-state index contributed by atoms with van der Waals surface area (Å²) in [5.74, 6) is 0.993. The Morgan fingerprint density at radius 2 is 1.56 bits per heavy atom. The van der Waals surface area contributed by atoms with Gasteiger partial charge in [-0.15, -0.1) is 12.4 Å². The molecule has 1 saturated heterocycles. The summed E-state index contributed by atoms with van der Waals surface area (Å²) in [5.41, 5.74) is 3.28.